The number of carbonyl (C=O) groups excluding carboxylic acids is 1. The van der Waals surface area contributed by atoms with Crippen LogP contribution in [0.4, 0.5) is 4.39 Å². The van der Waals surface area contributed by atoms with Crippen LogP contribution in [0.1, 0.15) is 27.0 Å². The van der Waals surface area contributed by atoms with E-state index in [0.29, 0.717) is 5.75 Å². The van der Waals surface area contributed by atoms with Gasteiger partial charge in [-0.25, -0.2) is 14.3 Å². The van der Waals surface area contributed by atoms with Gasteiger partial charge in [0.05, 0.1) is 12.7 Å². The smallest absolute Gasteiger partial charge is 0.330 e. The van der Waals surface area contributed by atoms with Crippen molar-refractivity contribution in [2.45, 2.75) is 57.0 Å². The molecule has 6 unspecified atom stereocenters. The number of terminal acetylenes is 1. The lowest BCUT2D eigenvalue weighted by Crippen LogP contribution is -2.45. The maximum absolute atomic E-state index is 15.7. The van der Waals surface area contributed by atoms with Gasteiger partial charge in [0.15, 0.2) is 6.23 Å². The highest BCUT2D eigenvalue weighted by molar-refractivity contribution is 8.09. The zero-order valence-corrected chi connectivity index (χ0v) is 21.9. The molecule has 1 fully saturated rings. The van der Waals surface area contributed by atoms with Crippen molar-refractivity contribution in [2.75, 3.05) is 6.61 Å². The second-order valence-corrected chi connectivity index (χ2v) is 11.6. The van der Waals surface area contributed by atoms with Crippen molar-refractivity contribution in [1.82, 2.24) is 14.6 Å². The molecule has 200 valence electrons. The molecule has 1 aliphatic rings. The molecule has 0 spiro atoms. The molecule has 1 aliphatic heterocycles. The number of carbonyl (C=O) groups is 1. The molecule has 1 saturated heterocycles. The lowest BCUT2D eigenvalue weighted by molar-refractivity contribution is -0.149. The molecule has 0 saturated carbocycles. The number of nitrogens with one attached hydrogen (secondary N) is 2. The quantitative estimate of drug-likeness (QED) is 0.224. The van der Waals surface area contributed by atoms with Gasteiger partial charge >= 0.3 is 18.3 Å². The Labute approximate surface area is 217 Å². The van der Waals surface area contributed by atoms with Crippen LogP contribution in [0.25, 0.3) is 0 Å². The number of aromatic amines is 1. The molecule has 0 aliphatic carbocycles. The summed E-state index contributed by atoms with van der Waals surface area (Å²) < 4.78 is 38.8. The Bertz CT molecular complexity index is 1310. The Morgan fingerprint density at radius 3 is 2.62 bits per heavy atom. The first-order chi connectivity index (χ1) is 17.4. The van der Waals surface area contributed by atoms with E-state index < -0.39 is 60.6 Å². The van der Waals surface area contributed by atoms with Crippen LogP contribution in [0.5, 0.6) is 5.75 Å². The first kappa shape index (κ1) is 28.7. The molecule has 2 heterocycles. The number of para-hydroxylation sites is 1. The van der Waals surface area contributed by atoms with E-state index in [4.69, 9.17) is 36.8 Å². The maximum Gasteiger partial charge on any atom is 0.330 e. The van der Waals surface area contributed by atoms with E-state index in [1.54, 1.807) is 44.2 Å². The van der Waals surface area contributed by atoms with Crippen molar-refractivity contribution < 1.29 is 32.8 Å². The van der Waals surface area contributed by atoms with Crippen molar-refractivity contribution >= 4 is 24.4 Å². The third kappa shape index (κ3) is 6.73. The molecule has 3 rings (SSSR count). The number of aromatic nitrogens is 2. The molecule has 2 aromatic rings. The molecule has 1 aromatic heterocycles. The summed E-state index contributed by atoms with van der Waals surface area (Å²) in [5.41, 5.74) is -4.54. The zero-order chi connectivity index (χ0) is 27.4. The van der Waals surface area contributed by atoms with E-state index in [2.05, 4.69) is 5.09 Å². The van der Waals surface area contributed by atoms with E-state index in [1.807, 2.05) is 10.9 Å². The van der Waals surface area contributed by atoms with Crippen LogP contribution in [0.3, 0.4) is 0 Å². The molecule has 11 nitrogen and oxygen atoms in total. The van der Waals surface area contributed by atoms with Gasteiger partial charge in [-0.15, -0.1) is 6.42 Å². The Balaban J connectivity index is 1.84. The molecule has 37 heavy (non-hydrogen) atoms. The van der Waals surface area contributed by atoms with Gasteiger partial charge in [-0.05, 0) is 44.7 Å². The first-order valence-corrected chi connectivity index (χ1v) is 13.8. The van der Waals surface area contributed by atoms with Crippen LogP contribution in [0.15, 0.2) is 52.2 Å². The lowest BCUT2D eigenvalue weighted by atomic mass is 9.97. The number of halogens is 1. The van der Waals surface area contributed by atoms with Crippen molar-refractivity contribution in [2.24, 2.45) is 0 Å². The molecule has 6 atom stereocenters. The van der Waals surface area contributed by atoms with Gasteiger partial charge in [0.2, 0.25) is 5.67 Å². The standard InChI is InChI=1S/C23H27FN3O8PS/c1-5-23(24)19(29)17(34-21(23)27-12-11-18(28)25-22(27)31)13-32-36(37,35-16-9-7-6-8-10-16)26-15(4)20(30)33-14(2)3/h1,6-12,14-15,17,19,21,29H,13H2,2-4H3,(H,26,37)(H,25,28,31). The summed E-state index contributed by atoms with van der Waals surface area (Å²) in [5, 5.41) is 13.5. The van der Waals surface area contributed by atoms with Crippen LogP contribution in [-0.2, 0) is 30.6 Å². The van der Waals surface area contributed by atoms with E-state index in [9.17, 15) is 19.5 Å². The first-order valence-electron chi connectivity index (χ1n) is 11.2. The molecule has 14 heteroatoms. The number of esters is 1. The van der Waals surface area contributed by atoms with E-state index in [-0.39, 0.29) is 6.10 Å². The van der Waals surface area contributed by atoms with E-state index >= 15 is 4.39 Å². The predicted molar refractivity (Wildman–Crippen MR) is 135 cm³/mol. The summed E-state index contributed by atoms with van der Waals surface area (Å²) in [5.74, 6) is 1.57. The third-order valence-corrected chi connectivity index (χ3v) is 7.71. The van der Waals surface area contributed by atoms with Crippen molar-refractivity contribution in [3.05, 3.63) is 63.4 Å². The third-order valence-electron chi connectivity index (χ3n) is 5.21. The second kappa shape index (κ2) is 11.7. The van der Waals surface area contributed by atoms with Gasteiger partial charge in [-0.1, -0.05) is 24.1 Å². The number of aliphatic hydroxyl groups excluding tert-OH is 1. The number of aliphatic hydroxyl groups is 1. The Kier molecular flexibility index (Phi) is 9.07. The molecule has 0 radical (unpaired) electrons. The number of rotatable bonds is 10. The SMILES string of the molecule is C#CC1(F)C(O)C(COP(=S)(NC(C)C(=O)OC(C)C)Oc2ccccc2)OC1n1ccc(=O)[nH]c1=O. The number of alkyl halides is 1. The number of benzene rings is 1. The number of nitrogens with zero attached hydrogens (tertiary/aromatic N) is 1. The zero-order valence-electron chi connectivity index (χ0n) is 20.2. The maximum atomic E-state index is 15.7. The average Bonchev–Trinajstić information content (AvgIpc) is 3.08. The van der Waals surface area contributed by atoms with E-state index in [1.165, 1.54) is 6.92 Å². The minimum atomic E-state index is -3.53. The molecule has 0 bridgehead atoms. The normalized spacial score (nSPS) is 25.7. The van der Waals surface area contributed by atoms with Crippen molar-refractivity contribution in [3.8, 4) is 18.1 Å². The number of hydrogen-bond donors (Lipinski definition) is 3. The predicted octanol–water partition coefficient (Wildman–Crippen LogP) is 1.39. The largest absolute Gasteiger partial charge is 0.462 e. The molecule has 1 aromatic carbocycles. The summed E-state index contributed by atoms with van der Waals surface area (Å²) in [6.45, 7) is 0.835. The summed E-state index contributed by atoms with van der Waals surface area (Å²) >= 11 is 5.59. The van der Waals surface area contributed by atoms with Gasteiger partial charge in [0, 0.05) is 12.3 Å². The van der Waals surface area contributed by atoms with Gasteiger partial charge in [0.1, 0.15) is 24.0 Å². The van der Waals surface area contributed by atoms with Gasteiger partial charge in [-0.2, -0.15) is 0 Å². The molecule has 0 amide bonds. The fourth-order valence-electron chi connectivity index (χ4n) is 3.43. The monoisotopic (exact) mass is 555 g/mol. The van der Waals surface area contributed by atoms with Gasteiger partial charge < -0.3 is 23.6 Å². The second-order valence-electron chi connectivity index (χ2n) is 8.44. The fourth-order valence-corrected chi connectivity index (χ4v) is 5.85. The van der Waals surface area contributed by atoms with Crippen molar-refractivity contribution in [3.63, 3.8) is 0 Å². The minimum Gasteiger partial charge on any atom is -0.462 e. The lowest BCUT2D eigenvalue weighted by Gasteiger charge is -2.28. The molecular formula is C23H27FN3O8PS. The summed E-state index contributed by atoms with van der Waals surface area (Å²) in [6.07, 6.45) is 0.874. The summed E-state index contributed by atoms with van der Waals surface area (Å²) in [6, 6.07) is 8.44. The topological polar surface area (TPSA) is 141 Å². The average molecular weight is 556 g/mol. The van der Waals surface area contributed by atoms with Crippen LogP contribution < -0.4 is 20.9 Å². The van der Waals surface area contributed by atoms with Gasteiger partial charge in [-0.3, -0.25) is 19.1 Å². The van der Waals surface area contributed by atoms with Crippen LogP contribution in [0.2, 0.25) is 0 Å². The van der Waals surface area contributed by atoms with Crippen LogP contribution >= 0.6 is 6.64 Å². The van der Waals surface area contributed by atoms with Crippen LogP contribution in [-0.4, -0.2) is 57.3 Å². The summed E-state index contributed by atoms with van der Waals surface area (Å²) in [7, 11) is 0. The highest BCUT2D eigenvalue weighted by atomic mass is 32.5. The molecule has 3 N–H and O–H groups in total. The fraction of sp³-hybridized carbons (Fsp3) is 0.435. The van der Waals surface area contributed by atoms with Crippen LogP contribution in [0, 0.1) is 12.3 Å². The number of H-pyrrole nitrogens is 1. The van der Waals surface area contributed by atoms with Gasteiger partial charge in [0.25, 0.3) is 5.56 Å². The van der Waals surface area contributed by atoms with Crippen molar-refractivity contribution in [1.29, 1.82) is 0 Å². The summed E-state index contributed by atoms with van der Waals surface area (Å²) in [4.78, 5) is 38.0. The Morgan fingerprint density at radius 1 is 1.35 bits per heavy atom. The number of ether oxygens (including phenoxy) is 2. The minimum absolute atomic E-state index is 0.330. The Morgan fingerprint density at radius 2 is 2.03 bits per heavy atom. The highest BCUT2D eigenvalue weighted by Gasteiger charge is 2.58. The Hall–Kier alpha value is -2.85. The highest BCUT2D eigenvalue weighted by Crippen LogP contribution is 2.47. The van der Waals surface area contributed by atoms with E-state index in [0.717, 1.165) is 16.8 Å². The number of hydrogen-bond acceptors (Lipinski definition) is 9. The molecular weight excluding hydrogens is 528 g/mol.